The fraction of sp³-hybridized carbons (Fsp3) is 0.0769. The first kappa shape index (κ1) is 11.6. The van der Waals surface area contributed by atoms with Gasteiger partial charge in [0.05, 0.1) is 5.39 Å². The molecule has 0 amide bonds. The lowest BCUT2D eigenvalue weighted by molar-refractivity contribution is 0.598. The molecule has 90 valence electrons. The molecule has 2 heterocycles. The average Bonchev–Trinajstić information content (AvgIpc) is 2.84. The van der Waals surface area contributed by atoms with Gasteiger partial charge in [-0.25, -0.2) is 4.98 Å². The van der Waals surface area contributed by atoms with Gasteiger partial charge < -0.3 is 4.42 Å². The third kappa shape index (κ3) is 1.87. The van der Waals surface area contributed by atoms with E-state index in [1.807, 2.05) is 36.6 Å². The van der Waals surface area contributed by atoms with E-state index in [-0.39, 0.29) is 0 Å². The average molecular weight is 277 g/mol. The summed E-state index contributed by atoms with van der Waals surface area (Å²) in [6, 6.07) is 9.92. The van der Waals surface area contributed by atoms with Gasteiger partial charge in [-0.1, -0.05) is 53.7 Å². The number of hydrogen-bond acceptors (Lipinski definition) is 4. The molecule has 0 aliphatic heterocycles. The van der Waals surface area contributed by atoms with E-state index in [0.717, 1.165) is 16.5 Å². The Labute approximate surface area is 113 Å². The minimum absolute atomic E-state index is 0.428. The highest BCUT2D eigenvalue weighted by Gasteiger charge is 2.15. The number of furan rings is 1. The summed E-state index contributed by atoms with van der Waals surface area (Å²) in [5, 5.41) is 1.80. The van der Waals surface area contributed by atoms with Crippen molar-refractivity contribution < 1.29 is 4.42 Å². The predicted molar refractivity (Wildman–Crippen MR) is 74.0 cm³/mol. The normalized spacial score (nSPS) is 11.0. The molecule has 0 spiro atoms. The molecule has 0 aliphatic carbocycles. The second-order valence-electron chi connectivity index (χ2n) is 3.70. The molecule has 0 saturated carbocycles. The van der Waals surface area contributed by atoms with Crippen LogP contribution in [0.2, 0.25) is 5.15 Å². The number of rotatable bonds is 2. The van der Waals surface area contributed by atoms with Gasteiger partial charge in [0.2, 0.25) is 5.71 Å². The van der Waals surface area contributed by atoms with Crippen LogP contribution in [-0.2, 0) is 0 Å². The van der Waals surface area contributed by atoms with Crippen molar-refractivity contribution in [3.05, 3.63) is 41.7 Å². The highest BCUT2D eigenvalue weighted by molar-refractivity contribution is 7.98. The highest BCUT2D eigenvalue weighted by Crippen LogP contribution is 2.34. The quantitative estimate of drug-likeness (QED) is 0.398. The van der Waals surface area contributed by atoms with Crippen LogP contribution in [0.4, 0.5) is 0 Å². The standard InChI is InChI=1S/C13H9ClN2OS/c1-18-13-15-11(14)10-9(7-17-12(10)16-13)8-5-3-2-4-6-8/h2-7H,1H3. The molecule has 0 N–H and O–H groups in total. The number of halogens is 1. The van der Waals surface area contributed by atoms with Gasteiger partial charge in [-0.05, 0) is 11.8 Å². The second kappa shape index (κ2) is 4.63. The summed E-state index contributed by atoms with van der Waals surface area (Å²) in [4.78, 5) is 8.54. The van der Waals surface area contributed by atoms with Gasteiger partial charge in [-0.3, -0.25) is 0 Å². The smallest absolute Gasteiger partial charge is 0.232 e. The monoisotopic (exact) mass is 276 g/mol. The Morgan fingerprint density at radius 3 is 2.67 bits per heavy atom. The number of thioether (sulfide) groups is 1. The maximum Gasteiger partial charge on any atom is 0.232 e. The number of hydrogen-bond donors (Lipinski definition) is 0. The van der Waals surface area contributed by atoms with E-state index >= 15 is 0 Å². The van der Waals surface area contributed by atoms with Crippen LogP contribution in [0.5, 0.6) is 0 Å². The van der Waals surface area contributed by atoms with Crippen LogP contribution in [-0.4, -0.2) is 16.2 Å². The van der Waals surface area contributed by atoms with Crippen molar-refractivity contribution in [2.75, 3.05) is 6.26 Å². The lowest BCUT2D eigenvalue weighted by Crippen LogP contribution is -1.87. The van der Waals surface area contributed by atoms with Crippen molar-refractivity contribution in [1.82, 2.24) is 9.97 Å². The summed E-state index contributed by atoms with van der Waals surface area (Å²) in [7, 11) is 0. The molecule has 0 fully saturated rings. The Balaban J connectivity index is 2.27. The van der Waals surface area contributed by atoms with Crippen LogP contribution in [0.1, 0.15) is 0 Å². The molecule has 1 aromatic carbocycles. The zero-order valence-corrected chi connectivity index (χ0v) is 11.1. The van der Waals surface area contributed by atoms with Crippen LogP contribution < -0.4 is 0 Å². The predicted octanol–water partition coefficient (Wildman–Crippen LogP) is 4.27. The van der Waals surface area contributed by atoms with Gasteiger partial charge in [0, 0.05) is 5.56 Å². The molecule has 0 atom stereocenters. The van der Waals surface area contributed by atoms with E-state index in [9.17, 15) is 0 Å². The number of aromatic nitrogens is 2. The van der Waals surface area contributed by atoms with Gasteiger partial charge in [0.1, 0.15) is 11.4 Å². The Hall–Kier alpha value is -1.52. The van der Waals surface area contributed by atoms with Crippen LogP contribution >= 0.6 is 23.4 Å². The van der Waals surface area contributed by atoms with Crippen LogP contribution in [0.25, 0.3) is 22.2 Å². The van der Waals surface area contributed by atoms with Gasteiger partial charge in [0.15, 0.2) is 5.16 Å². The van der Waals surface area contributed by atoms with Gasteiger partial charge in [-0.15, -0.1) is 0 Å². The van der Waals surface area contributed by atoms with Crippen LogP contribution in [0.3, 0.4) is 0 Å². The molecule has 0 unspecified atom stereocenters. The van der Waals surface area contributed by atoms with Crippen LogP contribution in [0.15, 0.2) is 46.2 Å². The third-order valence-corrected chi connectivity index (χ3v) is 3.46. The maximum absolute atomic E-state index is 6.21. The van der Waals surface area contributed by atoms with E-state index in [1.54, 1.807) is 6.26 Å². The van der Waals surface area contributed by atoms with E-state index < -0.39 is 0 Å². The molecule has 2 aromatic heterocycles. The summed E-state index contributed by atoms with van der Waals surface area (Å²) in [6.07, 6.45) is 3.57. The number of nitrogens with zero attached hydrogens (tertiary/aromatic N) is 2. The van der Waals surface area contributed by atoms with Crippen molar-refractivity contribution in [3.8, 4) is 11.1 Å². The first-order valence-electron chi connectivity index (χ1n) is 5.33. The van der Waals surface area contributed by atoms with Crippen molar-refractivity contribution in [3.63, 3.8) is 0 Å². The molecule has 5 heteroatoms. The molecule has 3 aromatic rings. The topological polar surface area (TPSA) is 38.9 Å². The number of fused-ring (bicyclic) bond motifs is 1. The van der Waals surface area contributed by atoms with E-state index in [2.05, 4.69) is 9.97 Å². The minimum Gasteiger partial charge on any atom is -0.445 e. The van der Waals surface area contributed by atoms with Gasteiger partial charge >= 0.3 is 0 Å². The molecule has 0 radical (unpaired) electrons. The molecular weight excluding hydrogens is 268 g/mol. The van der Waals surface area contributed by atoms with Crippen molar-refractivity contribution in [1.29, 1.82) is 0 Å². The summed E-state index contributed by atoms with van der Waals surface area (Å²) in [5.41, 5.74) is 2.49. The van der Waals surface area contributed by atoms with Crippen molar-refractivity contribution in [2.45, 2.75) is 5.16 Å². The molecule has 0 bridgehead atoms. The summed E-state index contributed by atoms with van der Waals surface area (Å²) < 4.78 is 5.48. The Morgan fingerprint density at radius 1 is 1.17 bits per heavy atom. The second-order valence-corrected chi connectivity index (χ2v) is 4.83. The molecule has 0 saturated heterocycles. The van der Waals surface area contributed by atoms with Gasteiger partial charge in [-0.2, -0.15) is 4.98 Å². The highest BCUT2D eigenvalue weighted by atomic mass is 35.5. The molecule has 18 heavy (non-hydrogen) atoms. The minimum atomic E-state index is 0.428. The van der Waals surface area contributed by atoms with E-state index in [0.29, 0.717) is 16.0 Å². The Kier molecular flexibility index (Phi) is 2.97. The maximum atomic E-state index is 6.21. The molecule has 0 aliphatic rings. The van der Waals surface area contributed by atoms with Gasteiger partial charge in [0.25, 0.3) is 0 Å². The van der Waals surface area contributed by atoms with E-state index in [4.69, 9.17) is 16.0 Å². The summed E-state index contributed by atoms with van der Waals surface area (Å²) in [5.74, 6) is 0. The molecule has 3 nitrogen and oxygen atoms in total. The Bertz CT molecular complexity index is 697. The van der Waals surface area contributed by atoms with Crippen LogP contribution in [0, 0.1) is 0 Å². The fourth-order valence-corrected chi connectivity index (χ4v) is 2.47. The zero-order chi connectivity index (χ0) is 12.5. The van der Waals surface area contributed by atoms with Crippen molar-refractivity contribution >= 4 is 34.5 Å². The fourth-order valence-electron chi connectivity index (χ4n) is 1.80. The zero-order valence-electron chi connectivity index (χ0n) is 9.55. The summed E-state index contributed by atoms with van der Waals surface area (Å²) >= 11 is 7.65. The summed E-state index contributed by atoms with van der Waals surface area (Å²) in [6.45, 7) is 0. The van der Waals surface area contributed by atoms with Crippen molar-refractivity contribution in [2.24, 2.45) is 0 Å². The lowest BCUT2D eigenvalue weighted by atomic mass is 10.1. The molecule has 3 rings (SSSR count). The molecular formula is C13H9ClN2OS. The first-order valence-corrected chi connectivity index (χ1v) is 6.94. The first-order chi connectivity index (χ1) is 8.79. The van der Waals surface area contributed by atoms with E-state index in [1.165, 1.54) is 11.8 Å². The number of benzene rings is 1. The SMILES string of the molecule is CSc1nc(Cl)c2c(-c3ccccc3)coc2n1. The largest absolute Gasteiger partial charge is 0.445 e. The third-order valence-electron chi connectivity index (χ3n) is 2.64. The lowest BCUT2D eigenvalue weighted by Gasteiger charge is -2.00. The Morgan fingerprint density at radius 2 is 1.94 bits per heavy atom.